The van der Waals surface area contributed by atoms with Crippen LogP contribution in [-0.2, 0) is 0 Å². The lowest BCUT2D eigenvalue weighted by atomic mass is 10.2. The lowest BCUT2D eigenvalue weighted by molar-refractivity contribution is -0.172. The maximum absolute atomic E-state index is 12.5. The molecule has 1 atom stereocenters. The summed E-state index contributed by atoms with van der Waals surface area (Å²) in [5.74, 6) is 0. The zero-order chi connectivity index (χ0) is 11.5. The van der Waals surface area contributed by atoms with E-state index in [0.29, 0.717) is 4.57 Å². The van der Waals surface area contributed by atoms with Crippen LogP contribution in [0, 0.1) is 0 Å². The number of hydrogen-bond acceptors (Lipinski definition) is 2. The summed E-state index contributed by atoms with van der Waals surface area (Å²) in [5, 5.41) is 8.54. The van der Waals surface area contributed by atoms with E-state index >= 15 is 0 Å². The Bertz CT molecular complexity index is 372. The molecule has 0 radical (unpaired) electrons. The number of hydrogen-bond donors (Lipinski definition) is 1. The molecule has 1 rings (SSSR count). The summed E-state index contributed by atoms with van der Waals surface area (Å²) < 4.78 is 38.1. The van der Waals surface area contributed by atoms with Crippen molar-refractivity contribution in [1.29, 1.82) is 0 Å². The van der Waals surface area contributed by atoms with Crippen LogP contribution in [0.15, 0.2) is 29.2 Å². The highest BCUT2D eigenvalue weighted by atomic mass is 19.4. The molecule has 0 aromatic carbocycles. The van der Waals surface area contributed by atoms with Gasteiger partial charge in [-0.2, -0.15) is 13.2 Å². The van der Waals surface area contributed by atoms with Crippen molar-refractivity contribution in [1.82, 2.24) is 4.57 Å². The van der Waals surface area contributed by atoms with Gasteiger partial charge in [0.2, 0.25) is 0 Å². The van der Waals surface area contributed by atoms with Crippen molar-refractivity contribution in [2.45, 2.75) is 18.6 Å². The molecule has 84 valence electrons. The zero-order valence-electron chi connectivity index (χ0n) is 7.74. The van der Waals surface area contributed by atoms with Crippen LogP contribution >= 0.6 is 0 Å². The monoisotopic (exact) mass is 221 g/mol. The van der Waals surface area contributed by atoms with Gasteiger partial charge in [0, 0.05) is 25.3 Å². The van der Waals surface area contributed by atoms with E-state index < -0.39 is 30.8 Å². The van der Waals surface area contributed by atoms with Gasteiger partial charge in [0.25, 0.3) is 5.56 Å². The molecule has 0 bridgehead atoms. The number of halogens is 3. The normalized spacial score (nSPS) is 13.9. The molecule has 1 heterocycles. The summed E-state index contributed by atoms with van der Waals surface area (Å²) in [6.07, 6.45) is -3.99. The van der Waals surface area contributed by atoms with Gasteiger partial charge in [0.1, 0.15) is 6.04 Å². The topological polar surface area (TPSA) is 42.2 Å². The van der Waals surface area contributed by atoms with Crippen LogP contribution in [0.2, 0.25) is 0 Å². The molecule has 3 nitrogen and oxygen atoms in total. The summed E-state index contributed by atoms with van der Waals surface area (Å²) in [7, 11) is 0. The molecular formula is C9H10F3NO2. The second-order valence-electron chi connectivity index (χ2n) is 3.02. The lowest BCUT2D eigenvalue weighted by Crippen LogP contribution is -2.34. The SMILES string of the molecule is O=c1ccccn1C(CCO)C(F)(F)F. The molecule has 1 aromatic heterocycles. The Morgan fingerprint density at radius 3 is 2.53 bits per heavy atom. The van der Waals surface area contributed by atoms with Crippen molar-refractivity contribution in [3.63, 3.8) is 0 Å². The van der Waals surface area contributed by atoms with E-state index in [1.54, 1.807) is 0 Å². The van der Waals surface area contributed by atoms with Crippen molar-refractivity contribution in [2.24, 2.45) is 0 Å². The van der Waals surface area contributed by atoms with Gasteiger partial charge in [-0.1, -0.05) is 6.07 Å². The lowest BCUT2D eigenvalue weighted by Gasteiger charge is -2.21. The summed E-state index contributed by atoms with van der Waals surface area (Å²) in [6, 6.07) is 1.80. The fourth-order valence-corrected chi connectivity index (χ4v) is 1.28. The third-order valence-corrected chi connectivity index (χ3v) is 1.97. The van der Waals surface area contributed by atoms with Gasteiger partial charge >= 0.3 is 6.18 Å². The minimum Gasteiger partial charge on any atom is -0.396 e. The highest BCUT2D eigenvalue weighted by Gasteiger charge is 2.40. The van der Waals surface area contributed by atoms with E-state index in [4.69, 9.17) is 5.11 Å². The minimum absolute atomic E-state index is 0.520. The summed E-state index contributed by atoms with van der Waals surface area (Å²) in [6.45, 7) is -0.620. The predicted molar refractivity (Wildman–Crippen MR) is 47.5 cm³/mol. The third kappa shape index (κ3) is 2.82. The largest absolute Gasteiger partial charge is 0.409 e. The number of alkyl halides is 3. The molecule has 6 heteroatoms. The van der Waals surface area contributed by atoms with Crippen LogP contribution in [-0.4, -0.2) is 22.5 Å². The predicted octanol–water partition coefficient (Wildman–Crippen LogP) is 1.33. The Labute approximate surface area is 83.8 Å². The molecular weight excluding hydrogens is 211 g/mol. The first-order valence-electron chi connectivity index (χ1n) is 4.31. The molecule has 0 aliphatic carbocycles. The molecule has 1 N–H and O–H groups in total. The van der Waals surface area contributed by atoms with Crippen molar-refractivity contribution in [3.8, 4) is 0 Å². The van der Waals surface area contributed by atoms with Gasteiger partial charge < -0.3 is 9.67 Å². The van der Waals surface area contributed by atoms with Crippen molar-refractivity contribution >= 4 is 0 Å². The number of nitrogens with zero attached hydrogens (tertiary/aromatic N) is 1. The molecule has 0 saturated heterocycles. The average Bonchev–Trinajstić information content (AvgIpc) is 2.14. The maximum Gasteiger partial charge on any atom is 0.409 e. The number of aromatic nitrogens is 1. The van der Waals surface area contributed by atoms with E-state index in [-0.39, 0.29) is 0 Å². The first-order chi connectivity index (χ1) is 6.96. The van der Waals surface area contributed by atoms with Crippen LogP contribution in [0.5, 0.6) is 0 Å². The molecule has 15 heavy (non-hydrogen) atoms. The first-order valence-corrected chi connectivity index (χ1v) is 4.31. The number of rotatable bonds is 3. The minimum atomic E-state index is -4.53. The quantitative estimate of drug-likeness (QED) is 0.836. The molecule has 1 aromatic rings. The molecule has 1 unspecified atom stereocenters. The molecule has 0 spiro atoms. The molecule has 0 fully saturated rings. The van der Waals surface area contributed by atoms with Gasteiger partial charge in [0.05, 0.1) is 0 Å². The fourth-order valence-electron chi connectivity index (χ4n) is 1.28. The number of aliphatic hydroxyl groups excluding tert-OH is 1. The fraction of sp³-hybridized carbons (Fsp3) is 0.444. The van der Waals surface area contributed by atoms with Gasteiger partial charge in [-0.05, 0) is 6.07 Å². The van der Waals surface area contributed by atoms with Crippen LogP contribution < -0.4 is 5.56 Å². The highest BCUT2D eigenvalue weighted by Crippen LogP contribution is 2.31. The standard InChI is InChI=1S/C9H10F3NO2/c10-9(11,12)7(4-6-14)13-5-2-1-3-8(13)15/h1-3,5,7,14H,4,6H2. The van der Waals surface area contributed by atoms with E-state index in [9.17, 15) is 18.0 Å². The van der Waals surface area contributed by atoms with Crippen molar-refractivity contribution in [3.05, 3.63) is 34.7 Å². The van der Waals surface area contributed by atoms with Crippen LogP contribution in [0.1, 0.15) is 12.5 Å². The van der Waals surface area contributed by atoms with E-state index in [1.807, 2.05) is 0 Å². The highest BCUT2D eigenvalue weighted by molar-refractivity contribution is 4.96. The van der Waals surface area contributed by atoms with Gasteiger partial charge in [0.15, 0.2) is 0 Å². The van der Waals surface area contributed by atoms with Gasteiger partial charge in [-0.15, -0.1) is 0 Å². The van der Waals surface area contributed by atoms with Crippen molar-refractivity contribution < 1.29 is 18.3 Å². The summed E-state index contributed by atoms with van der Waals surface area (Å²) in [5.41, 5.74) is -0.728. The maximum atomic E-state index is 12.5. The number of pyridine rings is 1. The second kappa shape index (κ2) is 4.48. The second-order valence-corrected chi connectivity index (χ2v) is 3.02. The van der Waals surface area contributed by atoms with E-state index in [1.165, 1.54) is 12.1 Å². The van der Waals surface area contributed by atoms with E-state index in [2.05, 4.69) is 0 Å². The van der Waals surface area contributed by atoms with Crippen LogP contribution in [0.25, 0.3) is 0 Å². The Morgan fingerprint density at radius 2 is 2.07 bits per heavy atom. The van der Waals surface area contributed by atoms with Crippen LogP contribution in [0.3, 0.4) is 0 Å². The van der Waals surface area contributed by atoms with Crippen LogP contribution in [0.4, 0.5) is 13.2 Å². The van der Waals surface area contributed by atoms with Gasteiger partial charge in [-0.25, -0.2) is 0 Å². The Kier molecular flexibility index (Phi) is 3.52. The third-order valence-electron chi connectivity index (χ3n) is 1.97. The Hall–Kier alpha value is -1.30. The zero-order valence-corrected chi connectivity index (χ0v) is 7.74. The van der Waals surface area contributed by atoms with E-state index in [0.717, 1.165) is 12.3 Å². The van der Waals surface area contributed by atoms with Gasteiger partial charge in [-0.3, -0.25) is 4.79 Å². The number of aliphatic hydroxyl groups is 1. The average molecular weight is 221 g/mol. The Balaban J connectivity index is 3.11. The molecule has 0 aliphatic heterocycles. The molecule has 0 aliphatic rings. The molecule has 0 amide bonds. The first kappa shape index (κ1) is 11.8. The summed E-state index contributed by atoms with van der Waals surface area (Å²) >= 11 is 0. The molecule has 0 saturated carbocycles. The smallest absolute Gasteiger partial charge is 0.396 e. The summed E-state index contributed by atoms with van der Waals surface area (Å²) in [4.78, 5) is 11.2. The Morgan fingerprint density at radius 1 is 1.40 bits per heavy atom. The van der Waals surface area contributed by atoms with Crippen molar-refractivity contribution in [2.75, 3.05) is 6.61 Å².